The van der Waals surface area contributed by atoms with E-state index in [1.165, 1.54) is 30.5 Å². The quantitative estimate of drug-likeness (QED) is 0.879. The van der Waals surface area contributed by atoms with Gasteiger partial charge in [-0.05, 0) is 46.3 Å². The molecule has 8 heteroatoms. The van der Waals surface area contributed by atoms with E-state index in [9.17, 15) is 8.42 Å². The zero-order chi connectivity index (χ0) is 14.0. The van der Waals surface area contributed by atoms with Crippen LogP contribution in [0.1, 0.15) is 0 Å². The Hall–Kier alpha value is -1.31. The third-order valence-corrected chi connectivity index (χ3v) is 4.43. The van der Waals surface area contributed by atoms with Crippen molar-refractivity contribution in [2.75, 3.05) is 10.5 Å². The Morgan fingerprint density at radius 1 is 1.26 bits per heavy atom. The van der Waals surface area contributed by atoms with Crippen LogP contribution in [0.15, 0.2) is 45.9 Å². The number of nitrogens with one attached hydrogen (secondary N) is 1. The van der Waals surface area contributed by atoms with E-state index in [4.69, 9.17) is 17.3 Å². The molecule has 2 rings (SSSR count). The predicted octanol–water partition coefficient (Wildman–Crippen LogP) is 2.88. The highest BCUT2D eigenvalue weighted by atomic mass is 79.9. The smallest absolute Gasteiger partial charge is 0.263 e. The Morgan fingerprint density at radius 2 is 1.89 bits per heavy atom. The molecule has 0 unspecified atom stereocenters. The van der Waals surface area contributed by atoms with E-state index in [0.717, 1.165) is 0 Å². The number of hydrogen-bond donors (Lipinski definition) is 2. The van der Waals surface area contributed by atoms with Crippen molar-refractivity contribution in [3.8, 4) is 0 Å². The molecule has 0 fully saturated rings. The molecule has 1 aromatic carbocycles. The molecule has 0 amide bonds. The molecule has 100 valence electrons. The van der Waals surface area contributed by atoms with Gasteiger partial charge in [-0.3, -0.25) is 4.72 Å². The molecule has 3 N–H and O–H groups in total. The number of sulfonamides is 1. The molecule has 0 atom stereocenters. The number of aromatic nitrogens is 1. The van der Waals surface area contributed by atoms with Gasteiger partial charge < -0.3 is 5.73 Å². The Labute approximate surface area is 124 Å². The highest BCUT2D eigenvalue weighted by molar-refractivity contribution is 9.10. The summed E-state index contributed by atoms with van der Waals surface area (Å²) in [5.41, 5.74) is 5.97. The highest BCUT2D eigenvalue weighted by Gasteiger charge is 2.16. The van der Waals surface area contributed by atoms with Crippen molar-refractivity contribution in [2.45, 2.75) is 4.90 Å². The van der Waals surface area contributed by atoms with Gasteiger partial charge in [-0.25, -0.2) is 13.4 Å². The van der Waals surface area contributed by atoms with Gasteiger partial charge in [-0.2, -0.15) is 0 Å². The van der Waals surface area contributed by atoms with Gasteiger partial charge in [-0.15, -0.1) is 0 Å². The van der Waals surface area contributed by atoms with E-state index in [0.29, 0.717) is 15.2 Å². The highest BCUT2D eigenvalue weighted by Crippen LogP contribution is 2.24. The van der Waals surface area contributed by atoms with Crippen molar-refractivity contribution in [1.82, 2.24) is 4.98 Å². The molecule has 0 aliphatic heterocycles. The number of rotatable bonds is 3. The first-order chi connectivity index (χ1) is 8.88. The minimum Gasteiger partial charge on any atom is -0.397 e. The van der Waals surface area contributed by atoms with Crippen LogP contribution in [0.4, 0.5) is 11.5 Å². The number of halogens is 2. The maximum absolute atomic E-state index is 12.1. The minimum absolute atomic E-state index is 0.0995. The van der Waals surface area contributed by atoms with Gasteiger partial charge in [0.2, 0.25) is 0 Å². The van der Waals surface area contributed by atoms with Crippen molar-refractivity contribution in [3.63, 3.8) is 0 Å². The summed E-state index contributed by atoms with van der Waals surface area (Å²) in [5.74, 6) is 0.171. The summed E-state index contributed by atoms with van der Waals surface area (Å²) in [7, 11) is -3.71. The van der Waals surface area contributed by atoms with Gasteiger partial charge in [0.15, 0.2) is 5.82 Å². The fourth-order valence-electron chi connectivity index (χ4n) is 1.33. The van der Waals surface area contributed by atoms with E-state index < -0.39 is 10.0 Å². The first-order valence-electron chi connectivity index (χ1n) is 5.08. The first kappa shape index (κ1) is 14.1. The van der Waals surface area contributed by atoms with Gasteiger partial charge in [-0.1, -0.05) is 11.6 Å². The number of benzene rings is 1. The lowest BCUT2D eigenvalue weighted by Crippen LogP contribution is -2.14. The van der Waals surface area contributed by atoms with Gasteiger partial charge in [0.25, 0.3) is 10.0 Å². The molecule has 0 aliphatic carbocycles. The SMILES string of the molecule is Nc1cnc(NS(=O)(=O)c2ccc(Cl)cc2)c(Br)c1. The lowest BCUT2D eigenvalue weighted by atomic mass is 10.4. The second kappa shape index (κ2) is 5.36. The largest absolute Gasteiger partial charge is 0.397 e. The molecular formula is C11H9BrClN3O2S. The fourth-order valence-corrected chi connectivity index (χ4v) is 3.08. The summed E-state index contributed by atoms with van der Waals surface area (Å²) in [6, 6.07) is 7.39. The van der Waals surface area contributed by atoms with Crippen LogP contribution in [0.5, 0.6) is 0 Å². The van der Waals surface area contributed by atoms with Crippen LogP contribution < -0.4 is 10.5 Å². The molecule has 1 heterocycles. The molecule has 0 saturated heterocycles. The van der Waals surface area contributed by atoms with Crippen LogP contribution in [-0.2, 0) is 10.0 Å². The van der Waals surface area contributed by atoms with Crippen molar-refractivity contribution < 1.29 is 8.42 Å². The standard InChI is InChI=1S/C11H9BrClN3O2S/c12-10-5-8(14)6-15-11(10)16-19(17,18)9-3-1-7(13)2-4-9/h1-6H,14H2,(H,15,16). The Balaban J connectivity index is 2.33. The lowest BCUT2D eigenvalue weighted by molar-refractivity contribution is 0.601. The number of nitrogens with two attached hydrogens (primary N) is 1. The van der Waals surface area contributed by atoms with Gasteiger partial charge in [0.05, 0.1) is 21.3 Å². The summed E-state index contributed by atoms with van der Waals surface area (Å²) < 4.78 is 27.0. The summed E-state index contributed by atoms with van der Waals surface area (Å²) in [6.45, 7) is 0. The average Bonchev–Trinajstić information content (AvgIpc) is 2.33. The van der Waals surface area contributed by atoms with E-state index in [2.05, 4.69) is 25.6 Å². The molecule has 0 radical (unpaired) electrons. The van der Waals surface area contributed by atoms with Crippen LogP contribution in [-0.4, -0.2) is 13.4 Å². The van der Waals surface area contributed by atoms with Crippen molar-refractivity contribution in [3.05, 3.63) is 46.0 Å². The molecule has 0 saturated carbocycles. The third-order valence-electron chi connectivity index (χ3n) is 2.22. The molecule has 0 bridgehead atoms. The van der Waals surface area contributed by atoms with Crippen LogP contribution in [0.3, 0.4) is 0 Å². The zero-order valence-electron chi connectivity index (χ0n) is 9.47. The predicted molar refractivity (Wildman–Crippen MR) is 78.6 cm³/mol. The van der Waals surface area contributed by atoms with E-state index in [-0.39, 0.29) is 10.7 Å². The number of nitrogens with zero attached hydrogens (tertiary/aromatic N) is 1. The zero-order valence-corrected chi connectivity index (χ0v) is 12.6. The van der Waals surface area contributed by atoms with Crippen LogP contribution in [0.25, 0.3) is 0 Å². The topological polar surface area (TPSA) is 85.1 Å². The fraction of sp³-hybridized carbons (Fsp3) is 0. The molecule has 0 aliphatic rings. The first-order valence-corrected chi connectivity index (χ1v) is 7.73. The van der Waals surface area contributed by atoms with E-state index >= 15 is 0 Å². The lowest BCUT2D eigenvalue weighted by Gasteiger charge is -2.09. The summed E-state index contributed by atoms with van der Waals surface area (Å²) in [5, 5.41) is 0.464. The number of nitrogen functional groups attached to an aromatic ring is 1. The van der Waals surface area contributed by atoms with Crippen molar-refractivity contribution in [2.24, 2.45) is 0 Å². The summed E-state index contributed by atoms with van der Waals surface area (Å²) >= 11 is 8.91. The maximum atomic E-state index is 12.1. The molecule has 1 aromatic heterocycles. The Bertz CT molecular complexity index is 704. The molecule has 2 aromatic rings. The molecular weight excluding hydrogens is 354 g/mol. The minimum atomic E-state index is -3.71. The number of hydrogen-bond acceptors (Lipinski definition) is 4. The van der Waals surface area contributed by atoms with Crippen molar-refractivity contribution in [1.29, 1.82) is 0 Å². The summed E-state index contributed by atoms with van der Waals surface area (Å²) in [6.07, 6.45) is 1.37. The Kier molecular flexibility index (Phi) is 3.98. The summed E-state index contributed by atoms with van der Waals surface area (Å²) in [4.78, 5) is 4.02. The average molecular weight is 363 g/mol. The number of pyridine rings is 1. The van der Waals surface area contributed by atoms with Crippen LogP contribution >= 0.6 is 27.5 Å². The Morgan fingerprint density at radius 3 is 2.47 bits per heavy atom. The molecule has 5 nitrogen and oxygen atoms in total. The van der Waals surface area contributed by atoms with Crippen LogP contribution in [0.2, 0.25) is 5.02 Å². The second-order valence-electron chi connectivity index (χ2n) is 3.66. The normalized spacial score (nSPS) is 11.3. The van der Waals surface area contributed by atoms with Gasteiger partial charge in [0, 0.05) is 5.02 Å². The maximum Gasteiger partial charge on any atom is 0.263 e. The van der Waals surface area contributed by atoms with E-state index in [1.807, 2.05) is 0 Å². The monoisotopic (exact) mass is 361 g/mol. The second-order valence-corrected chi connectivity index (χ2v) is 6.63. The van der Waals surface area contributed by atoms with Crippen molar-refractivity contribution >= 4 is 49.1 Å². The molecule has 19 heavy (non-hydrogen) atoms. The molecule has 0 spiro atoms. The third kappa shape index (κ3) is 3.37. The van der Waals surface area contributed by atoms with E-state index in [1.54, 1.807) is 6.07 Å². The van der Waals surface area contributed by atoms with Gasteiger partial charge >= 0.3 is 0 Å². The van der Waals surface area contributed by atoms with Crippen LogP contribution in [0, 0.1) is 0 Å². The van der Waals surface area contributed by atoms with Gasteiger partial charge in [0.1, 0.15) is 0 Å². The number of anilines is 2.